The zero-order valence-corrected chi connectivity index (χ0v) is 32.9. The van der Waals surface area contributed by atoms with Crippen molar-refractivity contribution >= 4 is 56.3 Å². The van der Waals surface area contributed by atoms with Crippen LogP contribution in [0.1, 0.15) is 96.2 Å². The molecule has 0 bridgehead atoms. The summed E-state index contributed by atoms with van der Waals surface area (Å²) in [7, 11) is -3.98. The third-order valence-electron chi connectivity index (χ3n) is 11.8. The second-order valence-corrected chi connectivity index (χ2v) is 19.2. The van der Waals surface area contributed by atoms with E-state index in [4.69, 9.17) is 26.1 Å². The summed E-state index contributed by atoms with van der Waals surface area (Å²) in [5.74, 6) is -1.55. The molecule has 54 heavy (non-hydrogen) atoms. The van der Waals surface area contributed by atoms with E-state index < -0.39 is 67.7 Å². The van der Waals surface area contributed by atoms with E-state index in [1.807, 2.05) is 51.1 Å². The van der Waals surface area contributed by atoms with Crippen molar-refractivity contribution in [2.75, 3.05) is 13.2 Å². The quantitative estimate of drug-likeness (QED) is 0.341. The Bertz CT molecular complexity index is 2020. The summed E-state index contributed by atoms with van der Waals surface area (Å²) in [5, 5.41) is 7.21. The number of aromatic nitrogens is 1. The predicted octanol–water partition coefficient (Wildman–Crippen LogP) is 5.01. The van der Waals surface area contributed by atoms with Crippen LogP contribution in [-0.4, -0.2) is 83.2 Å². The van der Waals surface area contributed by atoms with Crippen LogP contribution in [0.3, 0.4) is 0 Å². The number of benzene rings is 1. The number of amides is 4. The first-order valence-corrected chi connectivity index (χ1v) is 21.0. The Labute approximate surface area is 321 Å². The van der Waals surface area contributed by atoms with Gasteiger partial charge in [-0.1, -0.05) is 56.5 Å². The minimum absolute atomic E-state index is 0.0515. The molecule has 15 heteroatoms. The monoisotopic (exact) mass is 783 g/mol. The molecule has 2 aromatic rings. The van der Waals surface area contributed by atoms with Crippen LogP contribution in [0.5, 0.6) is 5.75 Å². The van der Waals surface area contributed by atoms with Crippen LogP contribution in [0.25, 0.3) is 10.9 Å². The van der Waals surface area contributed by atoms with E-state index in [0.717, 1.165) is 29.3 Å². The maximum atomic E-state index is 14.7. The number of ether oxygens (including phenoxy) is 2. The number of nitrogens with one attached hydrogen (secondary N) is 3. The van der Waals surface area contributed by atoms with Gasteiger partial charge in [0, 0.05) is 28.3 Å². The van der Waals surface area contributed by atoms with Crippen LogP contribution in [0, 0.1) is 18.8 Å². The molecule has 7 rings (SSSR count). The Balaban J connectivity index is 1.22. The molecule has 3 N–H and O–H groups in total. The Kier molecular flexibility index (Phi) is 10.2. The fraction of sp³-hybridized carbons (Fsp3) is 0.615. The predicted molar refractivity (Wildman–Crippen MR) is 202 cm³/mol. The van der Waals surface area contributed by atoms with Crippen LogP contribution in [0.15, 0.2) is 30.4 Å². The molecule has 1 saturated heterocycles. The van der Waals surface area contributed by atoms with E-state index >= 15 is 0 Å². The van der Waals surface area contributed by atoms with E-state index in [2.05, 4.69) is 15.4 Å². The third kappa shape index (κ3) is 7.39. The van der Waals surface area contributed by atoms with Crippen LogP contribution in [-0.2, 0) is 35.6 Å². The lowest BCUT2D eigenvalue weighted by atomic mass is 9.87. The summed E-state index contributed by atoms with van der Waals surface area (Å²) >= 11 is 6.28. The first-order chi connectivity index (χ1) is 25.6. The molecule has 2 aliphatic carbocycles. The van der Waals surface area contributed by atoms with Crippen molar-refractivity contribution in [1.29, 1.82) is 0 Å². The summed E-state index contributed by atoms with van der Waals surface area (Å²) in [6, 6.07) is 3.48. The van der Waals surface area contributed by atoms with Crippen molar-refractivity contribution < 1.29 is 37.1 Å². The number of rotatable bonds is 6. The molecule has 292 valence electrons. The number of fused-ring (bicyclic) bond motifs is 5. The van der Waals surface area contributed by atoms with Gasteiger partial charge in [-0.05, 0) is 83.3 Å². The number of sulfonamides is 1. The highest BCUT2D eigenvalue weighted by molar-refractivity contribution is 7.91. The topological polar surface area (TPSA) is 173 Å². The lowest BCUT2D eigenvalue weighted by Gasteiger charge is -2.36. The van der Waals surface area contributed by atoms with Gasteiger partial charge in [-0.15, -0.1) is 0 Å². The van der Waals surface area contributed by atoms with Crippen molar-refractivity contribution in [1.82, 2.24) is 25.2 Å². The van der Waals surface area contributed by atoms with Crippen molar-refractivity contribution in [3.05, 3.63) is 46.6 Å². The second kappa shape index (κ2) is 14.3. The number of alkyl carbamates (subject to hydrolysis) is 1. The molecule has 1 aromatic heterocycles. The zero-order valence-electron chi connectivity index (χ0n) is 31.3. The number of pyridine rings is 1. The smallest absolute Gasteiger partial charge is 0.407 e. The number of carbonyl (C=O) groups excluding carboxylic acids is 4. The molecule has 2 saturated carbocycles. The minimum Gasteiger partial charge on any atom is -0.483 e. The Morgan fingerprint density at radius 2 is 1.93 bits per heavy atom. The van der Waals surface area contributed by atoms with Crippen LogP contribution < -0.4 is 20.1 Å². The normalized spacial score (nSPS) is 29.8. The molecule has 0 unspecified atom stereocenters. The van der Waals surface area contributed by atoms with Gasteiger partial charge in [-0.3, -0.25) is 19.1 Å². The minimum atomic E-state index is -3.98. The number of allylic oxidation sites excluding steroid dienone is 1. The summed E-state index contributed by atoms with van der Waals surface area (Å²) in [6.45, 7) is 7.52. The standard InChI is InChI=1S/C39H50ClN5O8S/c1-23(2)21-52-36(49)42-29-11-9-7-5-6-8-10-25-19-39(25,35(48)44-54(50,51)37(4)16-17-37)43-33(46)31-20-38(22-45(31)34(29)47)15-14-28-27-13-12-26(40)18-30(27)41-24(3)32(28)53-38/h8,10,12-13,18,23,25,29,31H,5-7,9,11,14-17,19-22H2,1-4H3,(H,42,49)(H,43,46)(H,44,48)/b10-8-/t25-,29+,31+,38-,39-/m1/s1. The first-order valence-electron chi connectivity index (χ1n) is 19.1. The highest BCUT2D eigenvalue weighted by atomic mass is 35.5. The van der Waals surface area contributed by atoms with Gasteiger partial charge in [0.25, 0.3) is 5.91 Å². The molecule has 4 heterocycles. The van der Waals surface area contributed by atoms with E-state index in [-0.39, 0.29) is 31.9 Å². The van der Waals surface area contributed by atoms with E-state index in [9.17, 15) is 27.6 Å². The third-order valence-corrected chi connectivity index (χ3v) is 14.2. The maximum Gasteiger partial charge on any atom is 0.407 e. The van der Waals surface area contributed by atoms with E-state index in [0.29, 0.717) is 61.4 Å². The van der Waals surface area contributed by atoms with Gasteiger partial charge in [-0.2, -0.15) is 0 Å². The molecule has 5 aliphatic rings. The van der Waals surface area contributed by atoms with E-state index in [1.54, 1.807) is 6.92 Å². The zero-order chi connectivity index (χ0) is 38.6. The SMILES string of the molecule is Cc1nc2cc(Cl)ccc2c2c1O[C@]1(CC2)C[C@H]2C(=O)N[C@]3(C(=O)NS(=O)(=O)C4(C)CC4)C[C@H]3/C=C\CCCCC[C@H](NC(=O)OCC(C)C)C(=O)N2C1. The van der Waals surface area contributed by atoms with Gasteiger partial charge >= 0.3 is 6.09 Å². The van der Waals surface area contributed by atoms with Crippen LogP contribution in [0.4, 0.5) is 4.79 Å². The number of carbonyl (C=O) groups is 4. The Morgan fingerprint density at radius 1 is 1.15 bits per heavy atom. The molecule has 5 atom stereocenters. The van der Waals surface area contributed by atoms with Gasteiger partial charge in [0.15, 0.2) is 0 Å². The molecule has 4 amide bonds. The van der Waals surface area contributed by atoms with Crippen molar-refractivity contribution in [3.8, 4) is 5.75 Å². The molecular weight excluding hydrogens is 734 g/mol. The summed E-state index contributed by atoms with van der Waals surface area (Å²) in [4.78, 5) is 62.4. The summed E-state index contributed by atoms with van der Waals surface area (Å²) < 4.78 is 39.9. The average molecular weight is 784 g/mol. The highest BCUT2D eigenvalue weighted by Gasteiger charge is 2.64. The van der Waals surface area contributed by atoms with Gasteiger partial charge in [0.05, 0.1) is 29.1 Å². The van der Waals surface area contributed by atoms with Crippen molar-refractivity contribution in [3.63, 3.8) is 0 Å². The molecule has 3 aliphatic heterocycles. The summed E-state index contributed by atoms with van der Waals surface area (Å²) in [5.41, 5.74) is -0.107. The molecule has 1 spiro atoms. The fourth-order valence-corrected chi connectivity index (χ4v) is 9.57. The molecule has 13 nitrogen and oxygen atoms in total. The van der Waals surface area contributed by atoms with E-state index in [1.165, 1.54) is 4.90 Å². The van der Waals surface area contributed by atoms with Gasteiger partial charge in [0.1, 0.15) is 29.0 Å². The lowest BCUT2D eigenvalue weighted by Crippen LogP contribution is -2.58. The first kappa shape index (κ1) is 38.4. The molecule has 3 fully saturated rings. The Hall–Kier alpha value is -3.91. The number of halogens is 1. The van der Waals surface area contributed by atoms with Crippen molar-refractivity contribution in [2.45, 2.75) is 126 Å². The largest absolute Gasteiger partial charge is 0.483 e. The Morgan fingerprint density at radius 3 is 2.67 bits per heavy atom. The van der Waals surface area contributed by atoms with Crippen molar-refractivity contribution in [2.24, 2.45) is 11.8 Å². The molecular formula is C39H50ClN5O8S. The average Bonchev–Trinajstić information content (AvgIpc) is 4.01. The fourth-order valence-electron chi connectivity index (χ4n) is 8.09. The maximum absolute atomic E-state index is 14.7. The number of aryl methyl sites for hydroxylation is 2. The number of hydrogen-bond donors (Lipinski definition) is 3. The molecule has 1 aromatic carbocycles. The van der Waals surface area contributed by atoms with Crippen LogP contribution in [0.2, 0.25) is 5.02 Å². The van der Waals surface area contributed by atoms with Gasteiger partial charge in [0.2, 0.25) is 21.8 Å². The number of hydrogen-bond acceptors (Lipinski definition) is 9. The highest BCUT2D eigenvalue weighted by Crippen LogP contribution is 2.49. The van der Waals surface area contributed by atoms with Crippen LogP contribution >= 0.6 is 11.6 Å². The lowest BCUT2D eigenvalue weighted by molar-refractivity contribution is -0.141. The van der Waals surface area contributed by atoms with Gasteiger partial charge in [-0.25, -0.2) is 18.2 Å². The summed E-state index contributed by atoms with van der Waals surface area (Å²) in [6.07, 6.45) is 8.69. The number of nitrogens with zero attached hydrogens (tertiary/aromatic N) is 2. The van der Waals surface area contributed by atoms with Gasteiger partial charge < -0.3 is 25.0 Å². The molecule has 0 radical (unpaired) electrons. The second-order valence-electron chi connectivity index (χ2n) is 16.5.